The number of ether oxygens (including phenoxy) is 3. The summed E-state index contributed by atoms with van der Waals surface area (Å²) >= 11 is 5.23. The molecule has 0 radical (unpaired) electrons. The van der Waals surface area contributed by atoms with Gasteiger partial charge in [0.2, 0.25) is 5.91 Å². The van der Waals surface area contributed by atoms with E-state index >= 15 is 0 Å². The van der Waals surface area contributed by atoms with E-state index in [0.717, 1.165) is 42.2 Å². The summed E-state index contributed by atoms with van der Waals surface area (Å²) in [5.74, 6) is 1.21. The lowest BCUT2D eigenvalue weighted by molar-refractivity contribution is -0.115. The Bertz CT molecular complexity index is 877. The number of thiocarbonyl (C=S) groups is 1. The molecule has 3 rings (SSSR count). The van der Waals surface area contributed by atoms with Crippen LogP contribution in [-0.2, 0) is 9.53 Å². The first-order valence-corrected chi connectivity index (χ1v) is 10.4. The van der Waals surface area contributed by atoms with E-state index in [0.29, 0.717) is 13.2 Å². The van der Waals surface area contributed by atoms with E-state index in [1.54, 1.807) is 6.08 Å². The van der Waals surface area contributed by atoms with Crippen molar-refractivity contribution in [3.8, 4) is 11.5 Å². The fourth-order valence-electron chi connectivity index (χ4n) is 2.96. The average molecular weight is 427 g/mol. The van der Waals surface area contributed by atoms with Gasteiger partial charge in [0.25, 0.3) is 0 Å². The van der Waals surface area contributed by atoms with Gasteiger partial charge in [0.1, 0.15) is 18.1 Å². The van der Waals surface area contributed by atoms with E-state index in [9.17, 15) is 4.79 Å². The number of hydrogen-bond donors (Lipinski definition) is 2. The molecule has 0 spiro atoms. The van der Waals surface area contributed by atoms with Crippen LogP contribution in [0.25, 0.3) is 6.08 Å². The minimum Gasteiger partial charge on any atom is -0.494 e. The zero-order chi connectivity index (χ0) is 21.2. The number of hydrogen-bond acceptors (Lipinski definition) is 5. The van der Waals surface area contributed by atoms with Crippen molar-refractivity contribution in [2.75, 3.05) is 25.1 Å². The molecule has 0 bridgehead atoms. The molecular formula is C23H26N2O4S. The Morgan fingerprint density at radius 2 is 2.03 bits per heavy atom. The lowest BCUT2D eigenvalue weighted by Gasteiger charge is -2.13. The van der Waals surface area contributed by atoms with Crippen LogP contribution in [0, 0.1) is 0 Å². The van der Waals surface area contributed by atoms with Gasteiger partial charge in [-0.1, -0.05) is 18.2 Å². The summed E-state index contributed by atoms with van der Waals surface area (Å²) in [5.41, 5.74) is 1.63. The second kappa shape index (κ2) is 11.3. The van der Waals surface area contributed by atoms with Gasteiger partial charge in [0, 0.05) is 24.4 Å². The Morgan fingerprint density at radius 1 is 1.20 bits per heavy atom. The molecule has 0 aliphatic carbocycles. The van der Waals surface area contributed by atoms with E-state index in [4.69, 9.17) is 26.4 Å². The Kier molecular flexibility index (Phi) is 8.23. The lowest BCUT2D eigenvalue weighted by Crippen LogP contribution is -2.32. The molecule has 1 heterocycles. The summed E-state index contributed by atoms with van der Waals surface area (Å²) in [6, 6.07) is 14.9. The molecule has 1 fully saturated rings. The van der Waals surface area contributed by atoms with Crippen LogP contribution < -0.4 is 20.1 Å². The van der Waals surface area contributed by atoms with Gasteiger partial charge in [-0.25, -0.2) is 0 Å². The molecule has 1 unspecified atom stereocenters. The third-order valence-electron chi connectivity index (χ3n) is 4.41. The molecule has 1 aliphatic heterocycles. The smallest absolute Gasteiger partial charge is 0.250 e. The topological polar surface area (TPSA) is 68.8 Å². The summed E-state index contributed by atoms with van der Waals surface area (Å²) < 4.78 is 16.8. The maximum absolute atomic E-state index is 12.1. The predicted molar refractivity (Wildman–Crippen MR) is 122 cm³/mol. The van der Waals surface area contributed by atoms with Gasteiger partial charge in [0.05, 0.1) is 12.7 Å². The highest BCUT2D eigenvalue weighted by Crippen LogP contribution is 2.19. The molecule has 1 aliphatic rings. The van der Waals surface area contributed by atoms with E-state index in [2.05, 4.69) is 10.6 Å². The van der Waals surface area contributed by atoms with Gasteiger partial charge in [-0.2, -0.15) is 0 Å². The first-order valence-electron chi connectivity index (χ1n) is 10.00. The minimum atomic E-state index is -0.313. The van der Waals surface area contributed by atoms with Gasteiger partial charge in [-0.05, 0) is 67.9 Å². The van der Waals surface area contributed by atoms with Crippen molar-refractivity contribution in [3.63, 3.8) is 0 Å². The Balaban J connectivity index is 1.46. The van der Waals surface area contributed by atoms with Crippen LogP contribution in [0.1, 0.15) is 25.3 Å². The Labute approximate surface area is 182 Å². The Morgan fingerprint density at radius 3 is 2.77 bits per heavy atom. The second-order valence-corrected chi connectivity index (χ2v) is 7.16. The largest absolute Gasteiger partial charge is 0.494 e. The zero-order valence-electron chi connectivity index (χ0n) is 16.9. The minimum absolute atomic E-state index is 0.157. The van der Waals surface area contributed by atoms with E-state index in [1.807, 2.05) is 55.5 Å². The van der Waals surface area contributed by atoms with Crippen molar-refractivity contribution < 1.29 is 19.0 Å². The molecular weight excluding hydrogens is 400 g/mol. The number of carbonyl (C=O) groups is 1. The van der Waals surface area contributed by atoms with Gasteiger partial charge in [-0.3, -0.25) is 10.1 Å². The normalized spacial score (nSPS) is 15.7. The molecule has 7 heteroatoms. The van der Waals surface area contributed by atoms with Crippen LogP contribution >= 0.6 is 12.2 Å². The Hall–Kier alpha value is -2.90. The maximum atomic E-state index is 12.1. The van der Waals surface area contributed by atoms with Crippen molar-refractivity contribution in [1.82, 2.24) is 5.32 Å². The maximum Gasteiger partial charge on any atom is 0.250 e. The predicted octanol–water partition coefficient (Wildman–Crippen LogP) is 4.17. The summed E-state index contributed by atoms with van der Waals surface area (Å²) in [6.45, 7) is 3.88. The van der Waals surface area contributed by atoms with Crippen molar-refractivity contribution >= 4 is 35.0 Å². The van der Waals surface area contributed by atoms with Crippen molar-refractivity contribution in [2.45, 2.75) is 25.9 Å². The number of anilines is 1. The van der Waals surface area contributed by atoms with Crippen molar-refractivity contribution in [1.29, 1.82) is 0 Å². The van der Waals surface area contributed by atoms with E-state index in [1.165, 1.54) is 6.08 Å². The van der Waals surface area contributed by atoms with Crippen molar-refractivity contribution in [2.24, 2.45) is 0 Å². The fourth-order valence-corrected chi connectivity index (χ4v) is 3.18. The van der Waals surface area contributed by atoms with E-state index < -0.39 is 0 Å². The van der Waals surface area contributed by atoms with E-state index in [-0.39, 0.29) is 17.1 Å². The first-order chi connectivity index (χ1) is 14.6. The first kappa shape index (κ1) is 21.8. The zero-order valence-corrected chi connectivity index (χ0v) is 17.7. The molecule has 0 saturated carbocycles. The number of carbonyl (C=O) groups excluding carboxylic acids is 1. The molecule has 2 N–H and O–H groups in total. The molecule has 0 aromatic heterocycles. The van der Waals surface area contributed by atoms with Gasteiger partial charge < -0.3 is 19.5 Å². The third kappa shape index (κ3) is 7.17. The molecule has 1 saturated heterocycles. The molecule has 2 aromatic rings. The highest BCUT2D eigenvalue weighted by Gasteiger charge is 2.16. The standard InChI is InChI=1S/C23H26N2O4S/c1-2-27-19-11-8-17(9-12-19)10-13-22(26)25-23(30)24-18-5-3-6-20(15-18)29-16-21-7-4-14-28-21/h3,5-6,8-13,15,21H,2,4,7,14,16H2,1H3,(H2,24,25,26,30)/b13-10+. The second-order valence-electron chi connectivity index (χ2n) is 6.75. The van der Waals surface area contributed by atoms with Crippen LogP contribution in [0.3, 0.4) is 0 Å². The van der Waals surface area contributed by atoms with Crippen LogP contribution in [-0.4, -0.2) is 36.9 Å². The van der Waals surface area contributed by atoms with Crippen LogP contribution in [0.15, 0.2) is 54.6 Å². The number of amides is 1. The molecule has 30 heavy (non-hydrogen) atoms. The lowest BCUT2D eigenvalue weighted by atomic mass is 10.2. The molecule has 2 aromatic carbocycles. The molecule has 6 nitrogen and oxygen atoms in total. The van der Waals surface area contributed by atoms with Crippen LogP contribution in [0.4, 0.5) is 5.69 Å². The molecule has 158 valence electrons. The number of rotatable bonds is 8. The van der Waals surface area contributed by atoms with Gasteiger partial charge in [0.15, 0.2) is 5.11 Å². The van der Waals surface area contributed by atoms with Gasteiger partial charge >= 0.3 is 0 Å². The fraction of sp³-hybridized carbons (Fsp3) is 0.304. The SMILES string of the molecule is CCOc1ccc(/C=C/C(=O)NC(=S)Nc2cccc(OCC3CCCO3)c2)cc1. The molecule has 1 amide bonds. The monoisotopic (exact) mass is 426 g/mol. The average Bonchev–Trinajstić information content (AvgIpc) is 3.26. The summed E-state index contributed by atoms with van der Waals surface area (Å²) in [5, 5.41) is 5.85. The highest BCUT2D eigenvalue weighted by molar-refractivity contribution is 7.80. The van der Waals surface area contributed by atoms with Crippen molar-refractivity contribution in [3.05, 3.63) is 60.2 Å². The van der Waals surface area contributed by atoms with Crippen LogP contribution in [0.2, 0.25) is 0 Å². The van der Waals surface area contributed by atoms with Gasteiger partial charge in [-0.15, -0.1) is 0 Å². The number of nitrogens with one attached hydrogen (secondary N) is 2. The summed E-state index contributed by atoms with van der Waals surface area (Å²) in [7, 11) is 0. The molecule has 1 atom stereocenters. The summed E-state index contributed by atoms with van der Waals surface area (Å²) in [6.07, 6.45) is 5.41. The summed E-state index contributed by atoms with van der Waals surface area (Å²) in [4.78, 5) is 12.1. The van der Waals surface area contributed by atoms with Crippen LogP contribution in [0.5, 0.6) is 11.5 Å². The number of benzene rings is 2. The highest BCUT2D eigenvalue weighted by atomic mass is 32.1. The quantitative estimate of drug-likeness (QED) is 0.488. The third-order valence-corrected chi connectivity index (χ3v) is 4.61.